The molecule has 0 aliphatic heterocycles. The highest BCUT2D eigenvalue weighted by Gasteiger charge is 2.53. The van der Waals surface area contributed by atoms with E-state index in [4.69, 9.17) is 0 Å². The van der Waals surface area contributed by atoms with Crippen molar-refractivity contribution in [1.29, 1.82) is 0 Å². The molecule has 0 saturated heterocycles. The summed E-state index contributed by atoms with van der Waals surface area (Å²) in [7, 11) is 0. The van der Waals surface area contributed by atoms with Gasteiger partial charge in [-0.05, 0) is 61.3 Å². The first-order valence-electron chi connectivity index (χ1n) is 8.89. The second kappa shape index (κ2) is 5.94. The highest BCUT2D eigenvalue weighted by molar-refractivity contribution is 5.74. The normalized spacial score (nSPS) is 35.4. The number of carbonyl (C=O) groups is 1. The van der Waals surface area contributed by atoms with Gasteiger partial charge in [-0.15, -0.1) is 0 Å². The van der Waals surface area contributed by atoms with Crippen LogP contribution >= 0.6 is 0 Å². The Morgan fingerprint density at radius 3 is 2.73 bits per heavy atom. The minimum absolute atomic E-state index is 0.0306. The molecule has 0 aromatic heterocycles. The van der Waals surface area contributed by atoms with E-state index in [1.807, 2.05) is 18.2 Å². The smallest absolute Gasteiger partial charge is 0.315 e. The van der Waals surface area contributed by atoms with E-state index >= 15 is 0 Å². The zero-order chi connectivity index (χ0) is 14.9. The topological polar surface area (TPSA) is 41.1 Å². The van der Waals surface area contributed by atoms with Gasteiger partial charge in [-0.25, -0.2) is 4.79 Å². The Morgan fingerprint density at radius 2 is 1.86 bits per heavy atom. The second-order valence-corrected chi connectivity index (χ2v) is 7.40. The van der Waals surface area contributed by atoms with Gasteiger partial charge in [0.2, 0.25) is 0 Å². The van der Waals surface area contributed by atoms with Crippen molar-refractivity contribution in [1.82, 2.24) is 10.6 Å². The molecule has 3 aliphatic carbocycles. The molecule has 4 rings (SSSR count). The minimum atomic E-state index is 0.0306. The van der Waals surface area contributed by atoms with Gasteiger partial charge in [0.05, 0.1) is 0 Å². The van der Waals surface area contributed by atoms with Crippen molar-refractivity contribution >= 4 is 6.03 Å². The number of hydrogen-bond acceptors (Lipinski definition) is 1. The van der Waals surface area contributed by atoms with Crippen molar-refractivity contribution in [2.45, 2.75) is 44.6 Å². The van der Waals surface area contributed by atoms with Gasteiger partial charge in [0.1, 0.15) is 0 Å². The van der Waals surface area contributed by atoms with Crippen LogP contribution in [0, 0.1) is 23.7 Å². The molecule has 3 heteroatoms. The molecule has 1 aromatic rings. The molecule has 3 nitrogen and oxygen atoms in total. The number of carbonyl (C=O) groups excluding carboxylic acids is 1. The quantitative estimate of drug-likeness (QED) is 0.879. The molecule has 2 amide bonds. The predicted octanol–water partition coefficient (Wildman–Crippen LogP) is 3.35. The number of urea groups is 1. The summed E-state index contributed by atoms with van der Waals surface area (Å²) in [6.45, 7) is 0.711. The fourth-order valence-electron chi connectivity index (χ4n) is 5.42. The Balaban J connectivity index is 1.23. The second-order valence-electron chi connectivity index (χ2n) is 7.40. The maximum absolute atomic E-state index is 12.1. The third-order valence-electron chi connectivity index (χ3n) is 6.29. The summed E-state index contributed by atoms with van der Waals surface area (Å²) in [5.41, 5.74) is 1.27. The van der Waals surface area contributed by atoms with Crippen LogP contribution < -0.4 is 10.6 Å². The number of nitrogens with one attached hydrogen (secondary N) is 2. The lowest BCUT2D eigenvalue weighted by molar-refractivity contribution is 0.198. The Kier molecular flexibility index (Phi) is 3.81. The summed E-state index contributed by atoms with van der Waals surface area (Å²) >= 11 is 0. The molecule has 5 atom stereocenters. The third kappa shape index (κ3) is 2.62. The molecular formula is C19H26N2O. The predicted molar refractivity (Wildman–Crippen MR) is 87.5 cm³/mol. The van der Waals surface area contributed by atoms with Crippen molar-refractivity contribution in [3.63, 3.8) is 0 Å². The highest BCUT2D eigenvalue weighted by atomic mass is 16.2. The average Bonchev–Trinajstić information content (AvgIpc) is 3.20. The molecule has 22 heavy (non-hydrogen) atoms. The van der Waals surface area contributed by atoms with E-state index in [0.717, 1.165) is 30.1 Å². The van der Waals surface area contributed by atoms with E-state index in [2.05, 4.69) is 22.8 Å². The molecule has 3 fully saturated rings. The van der Waals surface area contributed by atoms with Gasteiger partial charge in [-0.1, -0.05) is 36.8 Å². The van der Waals surface area contributed by atoms with Crippen LogP contribution in [-0.2, 0) is 6.42 Å². The summed E-state index contributed by atoms with van der Waals surface area (Å²) in [4.78, 5) is 12.1. The van der Waals surface area contributed by atoms with E-state index in [1.54, 1.807) is 0 Å². The molecule has 118 valence electrons. The SMILES string of the molecule is O=C(NCCc1ccccc1)N[C@@H]1C[C@H]2C[C@H]1[C@@H]1CCC[C@@H]21. The van der Waals surface area contributed by atoms with Gasteiger partial charge in [-0.3, -0.25) is 0 Å². The first-order valence-corrected chi connectivity index (χ1v) is 8.89. The van der Waals surface area contributed by atoms with Crippen LogP contribution in [0.1, 0.15) is 37.7 Å². The lowest BCUT2D eigenvalue weighted by Crippen LogP contribution is -2.47. The maximum atomic E-state index is 12.1. The largest absolute Gasteiger partial charge is 0.338 e. The Hall–Kier alpha value is -1.51. The lowest BCUT2D eigenvalue weighted by Gasteiger charge is -2.32. The molecule has 3 saturated carbocycles. The minimum Gasteiger partial charge on any atom is -0.338 e. The Bertz CT molecular complexity index is 529. The van der Waals surface area contributed by atoms with Crippen molar-refractivity contribution < 1.29 is 4.79 Å². The van der Waals surface area contributed by atoms with Crippen LogP contribution in [0.15, 0.2) is 30.3 Å². The van der Waals surface area contributed by atoms with Gasteiger partial charge >= 0.3 is 6.03 Å². The number of fused-ring (bicyclic) bond motifs is 5. The first-order chi connectivity index (χ1) is 10.8. The van der Waals surface area contributed by atoms with E-state index in [-0.39, 0.29) is 6.03 Å². The fraction of sp³-hybridized carbons (Fsp3) is 0.632. The van der Waals surface area contributed by atoms with Gasteiger partial charge in [-0.2, -0.15) is 0 Å². The van der Waals surface area contributed by atoms with E-state index in [9.17, 15) is 4.79 Å². The van der Waals surface area contributed by atoms with E-state index in [0.29, 0.717) is 12.6 Å². The van der Waals surface area contributed by atoms with Crippen LogP contribution in [0.4, 0.5) is 4.79 Å². The summed E-state index contributed by atoms with van der Waals surface area (Å²) in [6, 6.07) is 10.8. The van der Waals surface area contributed by atoms with Crippen molar-refractivity contribution in [3.8, 4) is 0 Å². The summed E-state index contributed by atoms with van der Waals surface area (Å²) in [5, 5.41) is 6.29. The van der Waals surface area contributed by atoms with Crippen molar-refractivity contribution in [2.75, 3.05) is 6.54 Å². The summed E-state index contributed by atoms with van der Waals surface area (Å²) in [6.07, 6.45) is 7.75. The lowest BCUT2D eigenvalue weighted by atomic mass is 9.79. The molecular weight excluding hydrogens is 272 g/mol. The highest BCUT2D eigenvalue weighted by Crippen LogP contribution is 2.58. The average molecular weight is 298 g/mol. The van der Waals surface area contributed by atoms with E-state index < -0.39 is 0 Å². The van der Waals surface area contributed by atoms with Gasteiger partial charge in [0, 0.05) is 12.6 Å². The molecule has 0 unspecified atom stereocenters. The van der Waals surface area contributed by atoms with Crippen LogP contribution in [0.25, 0.3) is 0 Å². The zero-order valence-corrected chi connectivity index (χ0v) is 13.1. The number of benzene rings is 1. The Morgan fingerprint density at radius 1 is 1.05 bits per heavy atom. The molecule has 2 N–H and O–H groups in total. The van der Waals surface area contributed by atoms with Crippen LogP contribution in [0.3, 0.4) is 0 Å². The van der Waals surface area contributed by atoms with Gasteiger partial charge < -0.3 is 10.6 Å². The van der Waals surface area contributed by atoms with Crippen LogP contribution in [0.2, 0.25) is 0 Å². The molecule has 2 bridgehead atoms. The fourth-order valence-corrected chi connectivity index (χ4v) is 5.42. The number of amides is 2. The van der Waals surface area contributed by atoms with Crippen molar-refractivity contribution in [2.24, 2.45) is 23.7 Å². The van der Waals surface area contributed by atoms with Crippen LogP contribution in [-0.4, -0.2) is 18.6 Å². The van der Waals surface area contributed by atoms with E-state index in [1.165, 1.54) is 37.7 Å². The molecule has 0 spiro atoms. The zero-order valence-electron chi connectivity index (χ0n) is 13.1. The monoisotopic (exact) mass is 298 g/mol. The summed E-state index contributed by atoms with van der Waals surface area (Å²) < 4.78 is 0. The van der Waals surface area contributed by atoms with Gasteiger partial charge in [0.25, 0.3) is 0 Å². The molecule has 0 radical (unpaired) electrons. The molecule has 0 heterocycles. The maximum Gasteiger partial charge on any atom is 0.315 e. The first kappa shape index (κ1) is 14.1. The third-order valence-corrected chi connectivity index (χ3v) is 6.29. The van der Waals surface area contributed by atoms with Crippen LogP contribution in [0.5, 0.6) is 0 Å². The number of hydrogen-bond donors (Lipinski definition) is 2. The molecule has 1 aromatic carbocycles. The molecule has 3 aliphatic rings. The van der Waals surface area contributed by atoms with Crippen molar-refractivity contribution in [3.05, 3.63) is 35.9 Å². The Labute approximate surface area is 132 Å². The summed E-state index contributed by atoms with van der Waals surface area (Å²) in [5.74, 6) is 3.56. The standard InChI is InChI=1S/C19H26N2O/c22-19(20-10-9-13-5-2-1-3-6-13)21-18-12-14-11-17(18)16-8-4-7-15(14)16/h1-3,5-6,14-18H,4,7-12H2,(H2,20,21,22)/t14-,15+,16-,17+,18-/m1/s1. The number of rotatable bonds is 4. The van der Waals surface area contributed by atoms with Gasteiger partial charge in [0.15, 0.2) is 0 Å².